The van der Waals surface area contributed by atoms with E-state index in [4.69, 9.17) is 21.0 Å². The number of furan rings is 1. The summed E-state index contributed by atoms with van der Waals surface area (Å²) in [4.78, 5) is 14.9. The van der Waals surface area contributed by atoms with E-state index in [2.05, 4.69) is 21.1 Å². The first-order valence-electron chi connectivity index (χ1n) is 8.63. The largest absolute Gasteiger partial charge is 0.461 e. The number of fused-ring (bicyclic) bond motifs is 2. The van der Waals surface area contributed by atoms with Gasteiger partial charge in [0.25, 0.3) is 0 Å². The van der Waals surface area contributed by atoms with Gasteiger partial charge in [-0.2, -0.15) is 0 Å². The Labute approximate surface area is 155 Å². The maximum Gasteiger partial charge on any atom is 0.195 e. The van der Waals surface area contributed by atoms with Gasteiger partial charge in [-0.1, -0.05) is 11.6 Å². The Morgan fingerprint density at radius 3 is 3.12 bits per heavy atom. The fourth-order valence-corrected chi connectivity index (χ4v) is 3.71. The number of rotatable bonds is 3. The van der Waals surface area contributed by atoms with Gasteiger partial charge in [0.1, 0.15) is 0 Å². The Balaban J connectivity index is 1.41. The molecule has 0 saturated carbocycles. The van der Waals surface area contributed by atoms with Crippen LogP contribution in [-0.4, -0.2) is 26.4 Å². The van der Waals surface area contributed by atoms with E-state index in [0.717, 1.165) is 42.3 Å². The highest BCUT2D eigenvalue weighted by atomic mass is 35.5. The van der Waals surface area contributed by atoms with Crippen molar-refractivity contribution in [3.05, 3.63) is 70.8 Å². The van der Waals surface area contributed by atoms with Crippen LogP contribution in [-0.2, 0) is 19.5 Å². The lowest BCUT2D eigenvalue weighted by Gasteiger charge is -2.27. The number of benzene rings is 1. The van der Waals surface area contributed by atoms with E-state index in [1.54, 1.807) is 6.26 Å². The van der Waals surface area contributed by atoms with Crippen LogP contribution in [0.2, 0.25) is 5.02 Å². The molecule has 0 radical (unpaired) electrons. The SMILES string of the molecule is Clc1ccc2[nH]cc(CN3CCc4cnc(-c5ccco5)nc4C3)c2c1. The van der Waals surface area contributed by atoms with Crippen molar-refractivity contribution < 1.29 is 4.42 Å². The van der Waals surface area contributed by atoms with E-state index in [1.807, 2.05) is 36.5 Å². The molecule has 1 aliphatic rings. The summed E-state index contributed by atoms with van der Waals surface area (Å²) in [5, 5.41) is 1.94. The predicted octanol–water partition coefficient (Wildman–Crippen LogP) is 4.43. The highest BCUT2D eigenvalue weighted by Crippen LogP contribution is 2.26. The fraction of sp³-hybridized carbons (Fsp3) is 0.200. The van der Waals surface area contributed by atoms with Gasteiger partial charge in [-0.3, -0.25) is 4.90 Å². The standard InChI is InChI=1S/C20H17ClN4O/c21-15-3-4-17-16(8-15)14(10-22-17)11-25-6-5-13-9-23-20(24-18(13)12-25)19-2-1-7-26-19/h1-4,7-10,22H,5-6,11-12H2. The maximum atomic E-state index is 6.17. The zero-order chi connectivity index (χ0) is 17.5. The van der Waals surface area contributed by atoms with Gasteiger partial charge in [0, 0.05) is 48.0 Å². The maximum absolute atomic E-state index is 6.17. The molecule has 5 nitrogen and oxygen atoms in total. The Kier molecular flexibility index (Phi) is 3.76. The van der Waals surface area contributed by atoms with E-state index in [9.17, 15) is 0 Å². The monoisotopic (exact) mass is 364 g/mol. The van der Waals surface area contributed by atoms with Crippen LogP contribution in [0, 0.1) is 0 Å². The molecule has 0 unspecified atom stereocenters. The summed E-state index contributed by atoms with van der Waals surface area (Å²) in [5.74, 6) is 1.35. The first-order chi connectivity index (χ1) is 12.8. The average Bonchev–Trinajstić information content (AvgIpc) is 3.32. The molecule has 0 spiro atoms. The molecule has 6 heteroatoms. The third kappa shape index (κ3) is 2.79. The number of nitrogens with one attached hydrogen (secondary N) is 1. The number of hydrogen-bond donors (Lipinski definition) is 1. The highest BCUT2D eigenvalue weighted by Gasteiger charge is 2.20. The minimum absolute atomic E-state index is 0.648. The molecule has 130 valence electrons. The lowest BCUT2D eigenvalue weighted by atomic mass is 10.1. The molecular weight excluding hydrogens is 348 g/mol. The third-order valence-electron chi connectivity index (χ3n) is 4.89. The lowest BCUT2D eigenvalue weighted by molar-refractivity contribution is 0.242. The van der Waals surface area contributed by atoms with Gasteiger partial charge in [0.05, 0.1) is 12.0 Å². The normalized spacial score (nSPS) is 14.7. The summed E-state index contributed by atoms with van der Waals surface area (Å²) in [5.41, 5.74) is 4.67. The van der Waals surface area contributed by atoms with Crippen LogP contribution in [0.4, 0.5) is 0 Å². The minimum Gasteiger partial charge on any atom is -0.461 e. The molecule has 0 aliphatic carbocycles. The molecule has 1 N–H and O–H groups in total. The molecular formula is C20H17ClN4O. The van der Waals surface area contributed by atoms with Gasteiger partial charge in [-0.25, -0.2) is 9.97 Å². The Morgan fingerprint density at radius 1 is 1.27 bits per heavy atom. The van der Waals surface area contributed by atoms with Gasteiger partial charge >= 0.3 is 0 Å². The van der Waals surface area contributed by atoms with Crippen molar-refractivity contribution in [1.29, 1.82) is 0 Å². The van der Waals surface area contributed by atoms with Crippen LogP contribution >= 0.6 is 11.6 Å². The molecule has 0 amide bonds. The number of hydrogen-bond acceptors (Lipinski definition) is 4. The van der Waals surface area contributed by atoms with Crippen molar-refractivity contribution in [3.8, 4) is 11.6 Å². The Morgan fingerprint density at radius 2 is 2.23 bits per heavy atom. The van der Waals surface area contributed by atoms with Crippen molar-refractivity contribution in [2.75, 3.05) is 6.54 Å². The summed E-state index contributed by atoms with van der Waals surface area (Å²) >= 11 is 6.17. The van der Waals surface area contributed by atoms with E-state index < -0.39 is 0 Å². The van der Waals surface area contributed by atoms with Gasteiger partial charge < -0.3 is 9.40 Å². The third-order valence-corrected chi connectivity index (χ3v) is 5.13. The molecule has 4 aromatic rings. The van der Waals surface area contributed by atoms with E-state index in [1.165, 1.54) is 16.5 Å². The summed E-state index contributed by atoms with van der Waals surface area (Å²) in [6.07, 6.45) is 6.61. The number of aromatic amines is 1. The molecule has 0 saturated heterocycles. The van der Waals surface area contributed by atoms with Crippen LogP contribution in [0.25, 0.3) is 22.5 Å². The second-order valence-electron chi connectivity index (χ2n) is 6.61. The van der Waals surface area contributed by atoms with Crippen LogP contribution in [0.15, 0.2) is 53.4 Å². The topological polar surface area (TPSA) is 58.0 Å². The van der Waals surface area contributed by atoms with Crippen molar-refractivity contribution in [3.63, 3.8) is 0 Å². The molecule has 3 aromatic heterocycles. The highest BCUT2D eigenvalue weighted by molar-refractivity contribution is 6.31. The molecule has 0 bridgehead atoms. The Bertz CT molecular complexity index is 1070. The zero-order valence-corrected chi connectivity index (χ0v) is 14.8. The smallest absolute Gasteiger partial charge is 0.195 e. The lowest BCUT2D eigenvalue weighted by Crippen LogP contribution is -2.31. The van der Waals surface area contributed by atoms with Crippen LogP contribution in [0.5, 0.6) is 0 Å². The average molecular weight is 365 g/mol. The van der Waals surface area contributed by atoms with Crippen LogP contribution < -0.4 is 0 Å². The van der Waals surface area contributed by atoms with Gasteiger partial charge in [0.15, 0.2) is 11.6 Å². The van der Waals surface area contributed by atoms with Gasteiger partial charge in [0.2, 0.25) is 0 Å². The summed E-state index contributed by atoms with van der Waals surface area (Å²) in [7, 11) is 0. The molecule has 26 heavy (non-hydrogen) atoms. The molecule has 4 heterocycles. The molecule has 5 rings (SSSR count). The van der Waals surface area contributed by atoms with Crippen LogP contribution in [0.3, 0.4) is 0 Å². The number of H-pyrrole nitrogens is 1. The summed E-state index contributed by atoms with van der Waals surface area (Å²) in [6.45, 7) is 2.66. The molecule has 1 aromatic carbocycles. The van der Waals surface area contributed by atoms with Gasteiger partial charge in [-0.05, 0) is 47.9 Å². The van der Waals surface area contributed by atoms with Gasteiger partial charge in [-0.15, -0.1) is 0 Å². The van der Waals surface area contributed by atoms with Crippen LogP contribution in [0.1, 0.15) is 16.8 Å². The van der Waals surface area contributed by atoms with E-state index in [0.29, 0.717) is 11.6 Å². The molecule has 0 fully saturated rings. The van der Waals surface area contributed by atoms with Crippen molar-refractivity contribution in [2.45, 2.75) is 19.5 Å². The second-order valence-corrected chi connectivity index (χ2v) is 7.04. The predicted molar refractivity (Wildman–Crippen MR) is 101 cm³/mol. The molecule has 1 aliphatic heterocycles. The van der Waals surface area contributed by atoms with Crippen molar-refractivity contribution in [1.82, 2.24) is 19.9 Å². The molecule has 0 atom stereocenters. The first-order valence-corrected chi connectivity index (χ1v) is 9.00. The Hall–Kier alpha value is -2.63. The van der Waals surface area contributed by atoms with E-state index >= 15 is 0 Å². The van der Waals surface area contributed by atoms with E-state index in [-0.39, 0.29) is 0 Å². The summed E-state index contributed by atoms with van der Waals surface area (Å²) < 4.78 is 5.43. The number of nitrogens with zero attached hydrogens (tertiary/aromatic N) is 3. The summed E-state index contributed by atoms with van der Waals surface area (Å²) in [6, 6.07) is 9.70. The number of aromatic nitrogens is 3. The quantitative estimate of drug-likeness (QED) is 0.584. The van der Waals surface area contributed by atoms with Crippen molar-refractivity contribution in [2.24, 2.45) is 0 Å². The number of halogens is 1. The van der Waals surface area contributed by atoms with Crippen molar-refractivity contribution >= 4 is 22.5 Å². The second kappa shape index (κ2) is 6.27. The zero-order valence-electron chi connectivity index (χ0n) is 14.1. The minimum atomic E-state index is 0.648. The fourth-order valence-electron chi connectivity index (χ4n) is 3.54. The first kappa shape index (κ1) is 15.6.